The summed E-state index contributed by atoms with van der Waals surface area (Å²) in [6.45, 7) is 5.57. The molecule has 10 heteroatoms. The Balaban J connectivity index is 1.89. The van der Waals surface area contributed by atoms with E-state index < -0.39 is 0 Å². The van der Waals surface area contributed by atoms with Gasteiger partial charge in [-0.15, -0.1) is 0 Å². The van der Waals surface area contributed by atoms with Gasteiger partial charge in [-0.2, -0.15) is 0 Å². The molecule has 10 nitrogen and oxygen atoms in total. The lowest BCUT2D eigenvalue weighted by molar-refractivity contribution is -0.111. The molecular weight excluding hydrogens is 496 g/mol. The number of amides is 1. The number of aliphatic hydroxyl groups excluding tert-OH is 1. The number of nitrogens with one attached hydrogen (secondary N) is 2. The molecule has 0 atom stereocenters. The Bertz CT molecular complexity index is 1290. The average Bonchev–Trinajstić information content (AvgIpc) is 2.94. The first-order valence-electron chi connectivity index (χ1n) is 12.6. The predicted octanol–water partition coefficient (Wildman–Crippen LogP) is 2.83. The molecule has 3 N–H and O–H groups in total. The monoisotopic (exact) mass is 532 g/mol. The minimum absolute atomic E-state index is 0.0210. The first kappa shape index (κ1) is 29.3. The second-order valence-corrected chi connectivity index (χ2v) is 9.19. The molecule has 0 aliphatic rings. The maximum atomic E-state index is 13.1. The molecular formula is C29H36N6O4. The van der Waals surface area contributed by atoms with E-state index in [2.05, 4.69) is 32.1 Å². The van der Waals surface area contributed by atoms with Gasteiger partial charge in [0, 0.05) is 62.2 Å². The zero-order chi connectivity index (χ0) is 28.4. The van der Waals surface area contributed by atoms with Gasteiger partial charge < -0.3 is 30.3 Å². The predicted molar refractivity (Wildman–Crippen MR) is 154 cm³/mol. The lowest BCUT2D eigenvalue weighted by Crippen LogP contribution is -2.29. The van der Waals surface area contributed by atoms with Crippen molar-refractivity contribution in [2.75, 3.05) is 70.0 Å². The Kier molecular flexibility index (Phi) is 10.5. The van der Waals surface area contributed by atoms with E-state index >= 15 is 0 Å². The molecule has 3 aromatic rings. The highest BCUT2D eigenvalue weighted by Crippen LogP contribution is 2.34. The van der Waals surface area contributed by atoms with Crippen molar-refractivity contribution in [2.24, 2.45) is 0 Å². The summed E-state index contributed by atoms with van der Waals surface area (Å²) in [6, 6.07) is 12.3. The van der Waals surface area contributed by atoms with Crippen molar-refractivity contribution in [3.8, 4) is 5.75 Å². The van der Waals surface area contributed by atoms with Crippen molar-refractivity contribution in [3.63, 3.8) is 0 Å². The van der Waals surface area contributed by atoms with Gasteiger partial charge in [-0.25, -0.2) is 9.97 Å². The van der Waals surface area contributed by atoms with Crippen molar-refractivity contribution in [2.45, 2.75) is 6.42 Å². The summed E-state index contributed by atoms with van der Waals surface area (Å²) in [5.74, 6) is 0.505. The molecule has 0 spiro atoms. The number of aliphatic hydroxyl groups is 1. The zero-order valence-corrected chi connectivity index (χ0v) is 22.9. The second kappa shape index (κ2) is 14.0. The topological polar surface area (TPSA) is 120 Å². The van der Waals surface area contributed by atoms with Crippen LogP contribution in [-0.2, 0) is 11.2 Å². The first-order valence-corrected chi connectivity index (χ1v) is 12.6. The van der Waals surface area contributed by atoms with Crippen molar-refractivity contribution in [1.82, 2.24) is 14.9 Å². The van der Waals surface area contributed by atoms with Crippen LogP contribution in [-0.4, -0.2) is 86.2 Å². The zero-order valence-electron chi connectivity index (χ0n) is 22.9. The number of aromatic nitrogens is 2. The third-order valence-corrected chi connectivity index (χ3v) is 6.01. The molecule has 0 radical (unpaired) electrons. The third kappa shape index (κ3) is 8.10. The molecule has 0 aliphatic heterocycles. The van der Waals surface area contributed by atoms with E-state index in [0.29, 0.717) is 29.4 Å². The number of ketones is 1. The van der Waals surface area contributed by atoms with E-state index in [-0.39, 0.29) is 30.4 Å². The number of rotatable bonds is 14. The van der Waals surface area contributed by atoms with Crippen LogP contribution in [0.5, 0.6) is 5.75 Å². The van der Waals surface area contributed by atoms with E-state index in [1.807, 2.05) is 38.2 Å². The van der Waals surface area contributed by atoms with Crippen LogP contribution in [0.15, 0.2) is 61.3 Å². The SMILES string of the molecule is C=CC(=O)Nc1cc(Cc2nccc(C(=O)c3ccc(NCCO)cc3)n2)c(OC)cc1N(C)CCN(C)C. The Morgan fingerprint density at radius 3 is 2.49 bits per heavy atom. The van der Waals surface area contributed by atoms with Gasteiger partial charge in [0.2, 0.25) is 11.7 Å². The number of hydrogen-bond acceptors (Lipinski definition) is 9. The Morgan fingerprint density at radius 1 is 1.10 bits per heavy atom. The van der Waals surface area contributed by atoms with Crippen LogP contribution >= 0.6 is 0 Å². The van der Waals surface area contributed by atoms with Gasteiger partial charge in [-0.1, -0.05) is 6.58 Å². The van der Waals surface area contributed by atoms with Gasteiger partial charge in [0.1, 0.15) is 17.3 Å². The summed E-state index contributed by atoms with van der Waals surface area (Å²) in [4.78, 5) is 38.3. The Morgan fingerprint density at radius 2 is 1.85 bits per heavy atom. The summed E-state index contributed by atoms with van der Waals surface area (Å²) in [7, 11) is 7.55. The highest BCUT2D eigenvalue weighted by atomic mass is 16.5. The number of benzene rings is 2. The normalized spacial score (nSPS) is 10.7. The molecule has 3 rings (SSSR count). The number of carbonyl (C=O) groups excluding carboxylic acids is 2. The molecule has 0 fully saturated rings. The number of methoxy groups -OCH3 is 1. The van der Waals surface area contributed by atoms with Gasteiger partial charge in [0.05, 0.1) is 25.1 Å². The summed E-state index contributed by atoms with van der Waals surface area (Å²) >= 11 is 0. The largest absolute Gasteiger partial charge is 0.496 e. The maximum Gasteiger partial charge on any atom is 0.247 e. The third-order valence-electron chi connectivity index (χ3n) is 6.01. The van der Waals surface area contributed by atoms with Gasteiger partial charge in [-0.05, 0) is 56.6 Å². The minimum atomic E-state index is -0.324. The number of ether oxygens (including phenoxy) is 1. The molecule has 0 aliphatic carbocycles. The van der Waals surface area contributed by atoms with Gasteiger partial charge in [-0.3, -0.25) is 9.59 Å². The quantitative estimate of drug-likeness (QED) is 0.213. The van der Waals surface area contributed by atoms with E-state index in [1.54, 1.807) is 43.6 Å². The molecule has 1 aromatic heterocycles. The van der Waals surface area contributed by atoms with E-state index in [9.17, 15) is 9.59 Å². The molecule has 0 bridgehead atoms. The number of hydrogen-bond donors (Lipinski definition) is 3. The van der Waals surface area contributed by atoms with Crippen molar-refractivity contribution in [3.05, 3.63) is 84.0 Å². The molecule has 206 valence electrons. The molecule has 0 unspecified atom stereocenters. The fraction of sp³-hybridized carbons (Fsp3) is 0.310. The van der Waals surface area contributed by atoms with Gasteiger partial charge in [0.25, 0.3) is 0 Å². The van der Waals surface area contributed by atoms with Crippen molar-refractivity contribution < 1.29 is 19.4 Å². The minimum Gasteiger partial charge on any atom is -0.496 e. The van der Waals surface area contributed by atoms with E-state index in [0.717, 1.165) is 30.0 Å². The maximum absolute atomic E-state index is 13.1. The molecule has 1 heterocycles. The average molecular weight is 533 g/mol. The van der Waals surface area contributed by atoms with Crippen molar-refractivity contribution >= 4 is 28.8 Å². The van der Waals surface area contributed by atoms with Crippen LogP contribution in [0.25, 0.3) is 0 Å². The fourth-order valence-corrected chi connectivity index (χ4v) is 3.88. The first-order chi connectivity index (χ1) is 18.7. The van der Waals surface area contributed by atoms with Crippen LogP contribution in [0.1, 0.15) is 27.4 Å². The van der Waals surface area contributed by atoms with Crippen LogP contribution in [0, 0.1) is 0 Å². The lowest BCUT2D eigenvalue weighted by Gasteiger charge is -2.25. The number of likely N-dealkylation sites (N-methyl/N-ethyl adjacent to an activating group) is 2. The van der Waals surface area contributed by atoms with Crippen LogP contribution in [0.4, 0.5) is 17.1 Å². The smallest absolute Gasteiger partial charge is 0.247 e. The van der Waals surface area contributed by atoms with Gasteiger partial charge >= 0.3 is 0 Å². The van der Waals surface area contributed by atoms with Crippen molar-refractivity contribution in [1.29, 1.82) is 0 Å². The second-order valence-electron chi connectivity index (χ2n) is 9.19. The summed E-state index contributed by atoms with van der Waals surface area (Å²) in [5.41, 5.74) is 3.74. The van der Waals surface area contributed by atoms with E-state index in [1.165, 1.54) is 6.08 Å². The van der Waals surface area contributed by atoms with Crippen LogP contribution in [0.3, 0.4) is 0 Å². The number of carbonyl (C=O) groups is 2. The Hall–Kier alpha value is -4.28. The van der Waals surface area contributed by atoms with Crippen LogP contribution < -0.4 is 20.3 Å². The summed E-state index contributed by atoms with van der Waals surface area (Å²) in [5, 5.41) is 14.9. The standard InChI is InChI=1S/C29H36N6O4/c1-6-28(37)33-24-17-21(26(39-5)19-25(24)35(4)15-14-34(2)3)18-27-31-12-11-23(32-27)29(38)20-7-9-22(10-8-20)30-13-16-36/h6-12,17,19,30,36H,1,13-16,18H2,2-5H3,(H,33,37). The molecule has 39 heavy (non-hydrogen) atoms. The summed E-state index contributed by atoms with van der Waals surface area (Å²) < 4.78 is 5.69. The highest BCUT2D eigenvalue weighted by molar-refractivity contribution is 6.07. The number of nitrogens with zero attached hydrogens (tertiary/aromatic N) is 4. The number of anilines is 3. The summed E-state index contributed by atoms with van der Waals surface area (Å²) in [6.07, 6.45) is 3.07. The van der Waals surface area contributed by atoms with E-state index in [4.69, 9.17) is 9.84 Å². The van der Waals surface area contributed by atoms with Gasteiger partial charge in [0.15, 0.2) is 0 Å². The molecule has 1 amide bonds. The molecule has 0 saturated heterocycles. The Labute approximate surface area is 229 Å². The fourth-order valence-electron chi connectivity index (χ4n) is 3.88. The highest BCUT2D eigenvalue weighted by Gasteiger charge is 2.18. The molecule has 0 saturated carbocycles. The molecule has 2 aromatic carbocycles. The van der Waals surface area contributed by atoms with Crippen LogP contribution in [0.2, 0.25) is 0 Å². The lowest BCUT2D eigenvalue weighted by atomic mass is 10.1.